The summed E-state index contributed by atoms with van der Waals surface area (Å²) >= 11 is 0. The van der Waals surface area contributed by atoms with Crippen molar-refractivity contribution in [3.63, 3.8) is 0 Å². The van der Waals surface area contributed by atoms with Gasteiger partial charge in [-0.15, -0.1) is 0 Å². The van der Waals surface area contributed by atoms with Crippen molar-refractivity contribution in [2.45, 2.75) is 53.0 Å². The molecule has 0 aromatic carbocycles. The summed E-state index contributed by atoms with van der Waals surface area (Å²) < 4.78 is 4.65. The first-order chi connectivity index (χ1) is 9.98. The fraction of sp³-hybridized carbons (Fsp3) is 0.647. The highest BCUT2D eigenvalue weighted by Gasteiger charge is 2.16. The Morgan fingerprint density at radius 1 is 1.33 bits per heavy atom. The summed E-state index contributed by atoms with van der Waals surface area (Å²) in [6.07, 6.45) is 6.66. The van der Waals surface area contributed by atoms with Crippen molar-refractivity contribution in [3.05, 3.63) is 29.6 Å². The molecule has 0 atom stereocenters. The number of pyridine rings is 1. The lowest BCUT2D eigenvalue weighted by molar-refractivity contribution is 0.0600. The maximum absolute atomic E-state index is 11.3. The topological polar surface area (TPSA) is 51.2 Å². The van der Waals surface area contributed by atoms with Gasteiger partial charge in [-0.1, -0.05) is 40.0 Å². The monoisotopic (exact) mass is 292 g/mol. The van der Waals surface area contributed by atoms with Crippen LogP contribution in [0.3, 0.4) is 0 Å². The highest BCUT2D eigenvalue weighted by molar-refractivity contribution is 5.88. The second-order valence-electron chi connectivity index (χ2n) is 6.25. The number of hydrogen-bond donors (Lipinski definition) is 1. The Hall–Kier alpha value is -1.42. The first-order valence-corrected chi connectivity index (χ1v) is 7.72. The fourth-order valence-electron chi connectivity index (χ4n) is 2.24. The summed E-state index contributed by atoms with van der Waals surface area (Å²) in [6.45, 7) is 8.51. The molecule has 0 saturated carbocycles. The van der Waals surface area contributed by atoms with Crippen LogP contribution in [0, 0.1) is 5.41 Å². The van der Waals surface area contributed by atoms with Gasteiger partial charge >= 0.3 is 5.97 Å². The van der Waals surface area contributed by atoms with Crippen LogP contribution >= 0.6 is 0 Å². The van der Waals surface area contributed by atoms with Crippen LogP contribution in [0.1, 0.15) is 62.5 Å². The van der Waals surface area contributed by atoms with E-state index in [1.165, 1.54) is 32.8 Å². The number of carbonyl (C=O) groups is 1. The Morgan fingerprint density at radius 2 is 2.10 bits per heavy atom. The molecule has 0 amide bonds. The van der Waals surface area contributed by atoms with Gasteiger partial charge in [0.05, 0.1) is 18.4 Å². The smallest absolute Gasteiger partial charge is 0.339 e. The molecular formula is C17H28N2O2. The third-order valence-electron chi connectivity index (χ3n) is 3.61. The number of carbonyl (C=O) groups excluding carboxylic acids is 1. The fourth-order valence-corrected chi connectivity index (χ4v) is 2.24. The molecule has 0 aliphatic rings. The van der Waals surface area contributed by atoms with Crippen LogP contribution in [-0.2, 0) is 11.3 Å². The van der Waals surface area contributed by atoms with Crippen molar-refractivity contribution < 1.29 is 9.53 Å². The van der Waals surface area contributed by atoms with Gasteiger partial charge in [0.1, 0.15) is 0 Å². The van der Waals surface area contributed by atoms with Crippen molar-refractivity contribution in [3.8, 4) is 0 Å². The van der Waals surface area contributed by atoms with Crippen molar-refractivity contribution in [1.82, 2.24) is 10.3 Å². The molecule has 0 fully saturated rings. The lowest BCUT2D eigenvalue weighted by Gasteiger charge is -2.25. The minimum absolute atomic E-state index is 0.307. The van der Waals surface area contributed by atoms with E-state index in [1.54, 1.807) is 12.3 Å². The van der Waals surface area contributed by atoms with Crippen LogP contribution in [0.2, 0.25) is 0 Å². The summed E-state index contributed by atoms with van der Waals surface area (Å²) in [5, 5.41) is 3.45. The first-order valence-electron chi connectivity index (χ1n) is 7.72. The van der Waals surface area contributed by atoms with Crippen LogP contribution in [0.5, 0.6) is 0 Å². The van der Waals surface area contributed by atoms with Crippen LogP contribution < -0.4 is 5.32 Å². The Bertz CT molecular complexity index is 427. The Balaban J connectivity index is 2.36. The summed E-state index contributed by atoms with van der Waals surface area (Å²) in [4.78, 5) is 15.6. The van der Waals surface area contributed by atoms with Crippen molar-refractivity contribution in [1.29, 1.82) is 0 Å². The van der Waals surface area contributed by atoms with Gasteiger partial charge in [0.15, 0.2) is 0 Å². The average Bonchev–Trinajstić information content (AvgIpc) is 2.47. The molecule has 1 aromatic heterocycles. The number of hydrogen-bond acceptors (Lipinski definition) is 4. The molecule has 4 heteroatoms. The third kappa shape index (κ3) is 6.71. The second-order valence-corrected chi connectivity index (χ2v) is 6.25. The molecule has 0 aliphatic heterocycles. The standard InChI is InChI=1S/C17H28N2O2/c1-5-6-7-10-17(2,3)13-18-12-15-9-8-14(11-19-15)16(20)21-4/h8-9,11,18H,5-7,10,12-13H2,1-4H3. The minimum atomic E-state index is -0.348. The Kier molecular flexibility index (Phi) is 7.37. The van der Waals surface area contributed by atoms with Gasteiger partial charge in [-0.05, 0) is 24.0 Å². The molecule has 1 N–H and O–H groups in total. The third-order valence-corrected chi connectivity index (χ3v) is 3.61. The van der Waals surface area contributed by atoms with Crippen molar-refractivity contribution >= 4 is 5.97 Å². The predicted octanol–water partition coefficient (Wildman–Crippen LogP) is 3.56. The number of methoxy groups -OCH3 is 1. The van der Waals surface area contributed by atoms with E-state index in [4.69, 9.17) is 0 Å². The molecule has 1 rings (SSSR count). The maximum Gasteiger partial charge on any atom is 0.339 e. The highest BCUT2D eigenvalue weighted by atomic mass is 16.5. The molecule has 1 heterocycles. The van der Waals surface area contributed by atoms with E-state index in [1.807, 2.05) is 6.07 Å². The second kappa shape index (κ2) is 8.78. The zero-order valence-electron chi connectivity index (χ0n) is 13.7. The number of nitrogens with zero attached hydrogens (tertiary/aromatic N) is 1. The lowest BCUT2D eigenvalue weighted by Crippen LogP contribution is -2.29. The first kappa shape index (κ1) is 17.6. The number of unbranched alkanes of at least 4 members (excludes halogenated alkanes) is 2. The quantitative estimate of drug-likeness (QED) is 0.558. The summed E-state index contributed by atoms with van der Waals surface area (Å²) in [5.41, 5.74) is 1.73. The summed E-state index contributed by atoms with van der Waals surface area (Å²) in [7, 11) is 1.37. The number of rotatable bonds is 9. The van der Waals surface area contributed by atoms with Gasteiger partial charge in [0.25, 0.3) is 0 Å². The van der Waals surface area contributed by atoms with Gasteiger partial charge in [-0.25, -0.2) is 4.79 Å². The van der Waals surface area contributed by atoms with E-state index >= 15 is 0 Å². The van der Waals surface area contributed by atoms with Crippen molar-refractivity contribution in [2.24, 2.45) is 5.41 Å². The van der Waals surface area contributed by atoms with Crippen molar-refractivity contribution in [2.75, 3.05) is 13.7 Å². The van der Waals surface area contributed by atoms with E-state index < -0.39 is 0 Å². The number of ether oxygens (including phenoxy) is 1. The van der Waals surface area contributed by atoms with E-state index in [2.05, 4.69) is 35.8 Å². The Labute approximate surface area is 128 Å². The molecule has 0 bridgehead atoms. The van der Waals surface area contributed by atoms with Crippen LogP contribution in [0.15, 0.2) is 18.3 Å². The largest absolute Gasteiger partial charge is 0.465 e. The summed E-state index contributed by atoms with van der Waals surface area (Å²) in [5.74, 6) is -0.348. The summed E-state index contributed by atoms with van der Waals surface area (Å²) in [6, 6.07) is 3.62. The molecule has 118 valence electrons. The molecule has 4 nitrogen and oxygen atoms in total. The Morgan fingerprint density at radius 3 is 2.67 bits per heavy atom. The predicted molar refractivity (Wildman–Crippen MR) is 85.2 cm³/mol. The van der Waals surface area contributed by atoms with Crippen LogP contribution in [0.25, 0.3) is 0 Å². The maximum atomic E-state index is 11.3. The molecule has 0 spiro atoms. The number of esters is 1. The average molecular weight is 292 g/mol. The van der Waals surface area contributed by atoms with E-state index in [0.29, 0.717) is 11.0 Å². The van der Waals surface area contributed by atoms with Gasteiger partial charge in [-0.2, -0.15) is 0 Å². The van der Waals surface area contributed by atoms with E-state index in [0.717, 1.165) is 18.8 Å². The molecule has 0 saturated heterocycles. The normalized spacial score (nSPS) is 11.4. The zero-order valence-corrected chi connectivity index (χ0v) is 13.7. The molecular weight excluding hydrogens is 264 g/mol. The van der Waals surface area contributed by atoms with Gasteiger partial charge < -0.3 is 10.1 Å². The molecule has 21 heavy (non-hydrogen) atoms. The van der Waals surface area contributed by atoms with Crippen LogP contribution in [-0.4, -0.2) is 24.6 Å². The lowest BCUT2D eigenvalue weighted by atomic mass is 9.87. The highest BCUT2D eigenvalue weighted by Crippen LogP contribution is 2.22. The van der Waals surface area contributed by atoms with E-state index in [-0.39, 0.29) is 5.97 Å². The number of aromatic nitrogens is 1. The molecule has 1 aromatic rings. The zero-order chi connectivity index (χ0) is 15.7. The molecule has 0 unspecified atom stereocenters. The van der Waals surface area contributed by atoms with E-state index in [9.17, 15) is 4.79 Å². The minimum Gasteiger partial charge on any atom is -0.465 e. The molecule has 0 aliphatic carbocycles. The SMILES string of the molecule is CCCCCC(C)(C)CNCc1ccc(C(=O)OC)cn1. The van der Waals surface area contributed by atoms with Gasteiger partial charge in [0, 0.05) is 19.3 Å². The van der Waals surface area contributed by atoms with Gasteiger partial charge in [-0.3, -0.25) is 4.98 Å². The number of nitrogens with one attached hydrogen (secondary N) is 1. The molecule has 0 radical (unpaired) electrons. The van der Waals surface area contributed by atoms with Gasteiger partial charge in [0.2, 0.25) is 0 Å². The van der Waals surface area contributed by atoms with Crippen LogP contribution in [0.4, 0.5) is 0 Å².